The van der Waals surface area contributed by atoms with E-state index in [1.54, 1.807) is 7.11 Å². The first-order chi connectivity index (χ1) is 7.07. The van der Waals surface area contributed by atoms with Crippen molar-refractivity contribution < 1.29 is 4.84 Å². The van der Waals surface area contributed by atoms with Gasteiger partial charge in [0, 0.05) is 31.4 Å². The molecule has 0 aromatic carbocycles. The van der Waals surface area contributed by atoms with Crippen LogP contribution in [0.15, 0.2) is 0 Å². The molecule has 1 N–H and O–H groups in total. The van der Waals surface area contributed by atoms with Crippen molar-refractivity contribution in [2.24, 2.45) is 0 Å². The van der Waals surface area contributed by atoms with Crippen molar-refractivity contribution in [2.45, 2.75) is 39.0 Å². The van der Waals surface area contributed by atoms with Gasteiger partial charge in [-0.2, -0.15) is 16.8 Å². The van der Waals surface area contributed by atoms with Crippen LogP contribution in [0, 0.1) is 0 Å². The summed E-state index contributed by atoms with van der Waals surface area (Å²) in [6, 6.07) is 0.446. The molecule has 92 valence electrons. The molecule has 0 amide bonds. The summed E-state index contributed by atoms with van der Waals surface area (Å²) < 4.78 is 0. The van der Waals surface area contributed by atoms with E-state index in [2.05, 4.69) is 33.0 Å². The third-order valence-electron chi connectivity index (χ3n) is 2.05. The van der Waals surface area contributed by atoms with Crippen molar-refractivity contribution in [1.82, 2.24) is 10.4 Å². The first-order valence-corrected chi connectivity index (χ1v) is 6.75. The van der Waals surface area contributed by atoms with E-state index in [9.17, 15) is 0 Å². The Kier molecular flexibility index (Phi) is 9.60. The Morgan fingerprint density at radius 2 is 1.87 bits per heavy atom. The molecular formula is C11H26N2OS. The number of nitrogens with zero attached hydrogens (tertiary/aromatic N) is 1. The van der Waals surface area contributed by atoms with Gasteiger partial charge in [0.2, 0.25) is 0 Å². The summed E-state index contributed by atoms with van der Waals surface area (Å²) >= 11 is 1.99. The predicted molar refractivity (Wildman–Crippen MR) is 69.3 cm³/mol. The Balaban J connectivity index is 3.29. The van der Waals surface area contributed by atoms with Gasteiger partial charge in [-0.05, 0) is 19.1 Å². The molecule has 0 atom stereocenters. The highest BCUT2D eigenvalue weighted by atomic mass is 32.2. The molecule has 3 nitrogen and oxygen atoms in total. The summed E-state index contributed by atoms with van der Waals surface area (Å²) in [5.41, 5.74) is 0. The molecule has 0 spiro atoms. The Labute approximate surface area is 98.9 Å². The highest BCUT2D eigenvalue weighted by Gasteiger charge is 2.06. The minimum atomic E-state index is 0.446. The fourth-order valence-electron chi connectivity index (χ4n) is 1.24. The van der Waals surface area contributed by atoms with Crippen LogP contribution in [-0.4, -0.2) is 48.9 Å². The van der Waals surface area contributed by atoms with Crippen LogP contribution >= 0.6 is 11.8 Å². The fourth-order valence-corrected chi connectivity index (χ4v) is 1.97. The highest BCUT2D eigenvalue weighted by molar-refractivity contribution is 7.99. The average molecular weight is 234 g/mol. The van der Waals surface area contributed by atoms with E-state index < -0.39 is 0 Å². The monoisotopic (exact) mass is 234 g/mol. The standard InChI is InChI=1S/C11H26N2OS/c1-10(2)13(14-5)8-6-12-7-9-15-11(3)4/h10-12H,6-9H2,1-5H3. The van der Waals surface area contributed by atoms with Crippen LogP contribution in [0.4, 0.5) is 0 Å². The van der Waals surface area contributed by atoms with Gasteiger partial charge in [-0.15, -0.1) is 0 Å². The van der Waals surface area contributed by atoms with E-state index in [0.29, 0.717) is 6.04 Å². The summed E-state index contributed by atoms with van der Waals surface area (Å²) in [5, 5.41) is 6.14. The van der Waals surface area contributed by atoms with Crippen LogP contribution in [0.2, 0.25) is 0 Å². The molecular weight excluding hydrogens is 208 g/mol. The fraction of sp³-hybridized carbons (Fsp3) is 1.00. The van der Waals surface area contributed by atoms with Crippen molar-refractivity contribution in [3.8, 4) is 0 Å². The zero-order valence-electron chi connectivity index (χ0n) is 10.7. The van der Waals surface area contributed by atoms with E-state index in [1.807, 2.05) is 16.8 Å². The second-order valence-corrected chi connectivity index (χ2v) is 5.77. The van der Waals surface area contributed by atoms with Crippen LogP contribution in [-0.2, 0) is 4.84 Å². The molecule has 0 aromatic heterocycles. The summed E-state index contributed by atoms with van der Waals surface area (Å²) in [4.78, 5) is 5.24. The Morgan fingerprint density at radius 1 is 1.20 bits per heavy atom. The van der Waals surface area contributed by atoms with Gasteiger partial charge in [-0.1, -0.05) is 13.8 Å². The normalized spacial score (nSPS) is 12.0. The molecule has 0 aliphatic heterocycles. The quantitative estimate of drug-likeness (QED) is 0.487. The van der Waals surface area contributed by atoms with E-state index in [0.717, 1.165) is 24.9 Å². The molecule has 0 unspecified atom stereocenters. The van der Waals surface area contributed by atoms with Gasteiger partial charge in [0.1, 0.15) is 0 Å². The van der Waals surface area contributed by atoms with Gasteiger partial charge in [-0.3, -0.25) is 0 Å². The van der Waals surface area contributed by atoms with Crippen LogP contribution in [0.1, 0.15) is 27.7 Å². The molecule has 0 aliphatic rings. The Bertz CT molecular complexity index is 143. The second kappa shape index (κ2) is 9.46. The molecule has 4 heteroatoms. The van der Waals surface area contributed by atoms with E-state index in [4.69, 9.17) is 4.84 Å². The molecule has 0 radical (unpaired) electrons. The first-order valence-electron chi connectivity index (χ1n) is 5.71. The minimum Gasteiger partial charge on any atom is -0.315 e. The van der Waals surface area contributed by atoms with Crippen LogP contribution in [0.25, 0.3) is 0 Å². The third-order valence-corrected chi connectivity index (χ3v) is 3.16. The van der Waals surface area contributed by atoms with Crippen molar-refractivity contribution in [3.05, 3.63) is 0 Å². The van der Waals surface area contributed by atoms with Gasteiger partial charge in [0.15, 0.2) is 0 Å². The number of nitrogens with one attached hydrogen (secondary N) is 1. The van der Waals surface area contributed by atoms with Gasteiger partial charge >= 0.3 is 0 Å². The zero-order valence-corrected chi connectivity index (χ0v) is 11.6. The molecule has 0 bridgehead atoms. The van der Waals surface area contributed by atoms with E-state index >= 15 is 0 Å². The summed E-state index contributed by atoms with van der Waals surface area (Å²) in [7, 11) is 1.73. The van der Waals surface area contributed by atoms with Gasteiger partial charge in [0.05, 0.1) is 7.11 Å². The van der Waals surface area contributed by atoms with Gasteiger partial charge < -0.3 is 10.2 Å². The van der Waals surface area contributed by atoms with E-state index in [1.165, 1.54) is 5.75 Å². The van der Waals surface area contributed by atoms with Crippen LogP contribution in [0.3, 0.4) is 0 Å². The van der Waals surface area contributed by atoms with Crippen LogP contribution < -0.4 is 5.32 Å². The lowest BCUT2D eigenvalue weighted by Crippen LogP contribution is -2.36. The summed E-state index contributed by atoms with van der Waals surface area (Å²) in [6.07, 6.45) is 0. The second-order valence-electron chi connectivity index (χ2n) is 4.09. The SMILES string of the molecule is CON(CCNCCSC(C)C)C(C)C. The maximum absolute atomic E-state index is 5.24. The van der Waals surface area contributed by atoms with Crippen molar-refractivity contribution in [2.75, 3.05) is 32.5 Å². The van der Waals surface area contributed by atoms with Gasteiger partial charge in [0.25, 0.3) is 0 Å². The molecule has 0 fully saturated rings. The maximum Gasteiger partial charge on any atom is 0.0575 e. The lowest BCUT2D eigenvalue weighted by Gasteiger charge is -2.23. The Morgan fingerprint density at radius 3 is 2.33 bits per heavy atom. The third kappa shape index (κ3) is 9.18. The smallest absolute Gasteiger partial charge is 0.0575 e. The molecule has 0 saturated heterocycles. The molecule has 15 heavy (non-hydrogen) atoms. The summed E-state index contributed by atoms with van der Waals surface area (Å²) in [6.45, 7) is 11.8. The number of hydrogen-bond acceptors (Lipinski definition) is 4. The largest absolute Gasteiger partial charge is 0.315 e. The first kappa shape index (κ1) is 15.2. The van der Waals surface area contributed by atoms with Crippen molar-refractivity contribution in [1.29, 1.82) is 0 Å². The Hall–Kier alpha value is 0.230. The predicted octanol–water partition coefficient (Wildman–Crippen LogP) is 1.99. The summed E-state index contributed by atoms with van der Waals surface area (Å²) in [5.74, 6) is 1.19. The zero-order chi connectivity index (χ0) is 11.7. The minimum absolute atomic E-state index is 0.446. The molecule has 0 rings (SSSR count). The molecule has 0 aromatic rings. The number of rotatable bonds is 9. The molecule has 0 heterocycles. The number of thioether (sulfide) groups is 1. The van der Waals surface area contributed by atoms with Crippen molar-refractivity contribution in [3.63, 3.8) is 0 Å². The average Bonchev–Trinajstić information content (AvgIpc) is 2.15. The number of hydroxylamine groups is 2. The number of hydrogen-bond donors (Lipinski definition) is 1. The van der Waals surface area contributed by atoms with Crippen LogP contribution in [0.5, 0.6) is 0 Å². The lowest BCUT2D eigenvalue weighted by atomic mass is 10.4. The maximum atomic E-state index is 5.24. The molecule has 0 saturated carbocycles. The van der Waals surface area contributed by atoms with Crippen molar-refractivity contribution >= 4 is 11.8 Å². The lowest BCUT2D eigenvalue weighted by molar-refractivity contribution is -0.151. The highest BCUT2D eigenvalue weighted by Crippen LogP contribution is 2.06. The topological polar surface area (TPSA) is 24.5 Å². The molecule has 0 aliphatic carbocycles. The van der Waals surface area contributed by atoms with E-state index in [-0.39, 0.29) is 0 Å². The van der Waals surface area contributed by atoms with Gasteiger partial charge in [-0.25, -0.2) is 0 Å².